The minimum Gasteiger partial charge on any atom is -0.337 e. The number of carbonyl (C=O) groups is 2. The summed E-state index contributed by atoms with van der Waals surface area (Å²) in [4.78, 5) is 30.0. The zero-order valence-corrected chi connectivity index (χ0v) is 18.2. The van der Waals surface area contributed by atoms with Crippen LogP contribution in [0.2, 0.25) is 0 Å². The van der Waals surface area contributed by atoms with Crippen LogP contribution in [0.25, 0.3) is 0 Å². The average molecular weight is 432 g/mol. The Bertz CT molecular complexity index is 1160. The predicted octanol–water partition coefficient (Wildman–Crippen LogP) is 3.88. The summed E-state index contributed by atoms with van der Waals surface area (Å²) in [6.07, 6.45) is 1.13. The number of piperidine rings is 1. The molecule has 5 rings (SSSR count). The molecule has 6 nitrogen and oxygen atoms in total. The fraction of sp³-hybridized carbons (Fsp3) is 0.320. The molecule has 2 aliphatic rings. The van der Waals surface area contributed by atoms with Gasteiger partial charge in [-0.25, -0.2) is 4.39 Å². The lowest BCUT2D eigenvalue weighted by molar-refractivity contribution is -0.144. The molecule has 32 heavy (non-hydrogen) atoms. The number of rotatable bonds is 3. The number of likely N-dealkylation sites (tertiary alicyclic amines) is 1. The number of benzene rings is 2. The SMILES string of the molecule is Cc1cc(C(=O)N2CCC3(CC2)C(=O)N(c2cccc(F)c2)C3c2ccccc2)nn1C. The van der Waals surface area contributed by atoms with E-state index in [1.807, 2.05) is 44.3 Å². The molecule has 0 N–H and O–H groups in total. The molecule has 0 bridgehead atoms. The third kappa shape index (κ3) is 3.11. The Morgan fingerprint density at radius 2 is 1.78 bits per heavy atom. The maximum atomic E-state index is 13.9. The molecule has 7 heteroatoms. The first-order chi connectivity index (χ1) is 15.4. The largest absolute Gasteiger partial charge is 0.337 e. The summed E-state index contributed by atoms with van der Waals surface area (Å²) in [5.74, 6) is -0.472. The van der Waals surface area contributed by atoms with Crippen molar-refractivity contribution >= 4 is 17.5 Å². The van der Waals surface area contributed by atoms with Gasteiger partial charge in [0.05, 0.1) is 11.5 Å². The van der Waals surface area contributed by atoms with Gasteiger partial charge in [-0.1, -0.05) is 36.4 Å². The fourth-order valence-electron chi connectivity index (χ4n) is 5.07. The van der Waals surface area contributed by atoms with E-state index in [9.17, 15) is 14.0 Å². The first-order valence-electron chi connectivity index (χ1n) is 10.8. The first-order valence-corrected chi connectivity index (χ1v) is 10.8. The summed E-state index contributed by atoms with van der Waals surface area (Å²) in [5.41, 5.74) is 2.35. The lowest BCUT2D eigenvalue weighted by Crippen LogP contribution is -2.67. The van der Waals surface area contributed by atoms with Gasteiger partial charge in [0.25, 0.3) is 5.91 Å². The number of β-lactam (4-membered cyclic amide) rings is 1. The third-order valence-electron chi connectivity index (χ3n) is 6.90. The van der Waals surface area contributed by atoms with Crippen molar-refractivity contribution in [2.75, 3.05) is 18.0 Å². The van der Waals surface area contributed by atoms with Gasteiger partial charge in [-0.3, -0.25) is 14.3 Å². The van der Waals surface area contributed by atoms with Gasteiger partial charge < -0.3 is 9.80 Å². The second-order valence-electron chi connectivity index (χ2n) is 8.71. The van der Waals surface area contributed by atoms with Crippen LogP contribution in [-0.4, -0.2) is 39.6 Å². The molecule has 0 saturated carbocycles. The smallest absolute Gasteiger partial charge is 0.274 e. The Kier molecular flexibility index (Phi) is 4.84. The van der Waals surface area contributed by atoms with E-state index in [-0.39, 0.29) is 23.7 Å². The molecule has 1 spiro atoms. The molecule has 2 amide bonds. The van der Waals surface area contributed by atoms with Crippen LogP contribution in [0.4, 0.5) is 10.1 Å². The first kappa shape index (κ1) is 20.4. The van der Waals surface area contributed by atoms with Crippen LogP contribution in [0, 0.1) is 18.2 Å². The molecule has 1 unspecified atom stereocenters. The molecule has 3 heterocycles. The summed E-state index contributed by atoms with van der Waals surface area (Å²) in [7, 11) is 1.82. The zero-order chi connectivity index (χ0) is 22.5. The number of aryl methyl sites for hydroxylation is 2. The van der Waals surface area contributed by atoms with Crippen LogP contribution in [0.3, 0.4) is 0 Å². The highest BCUT2D eigenvalue weighted by molar-refractivity contribution is 6.06. The lowest BCUT2D eigenvalue weighted by Gasteiger charge is -2.59. The number of nitrogens with zero attached hydrogens (tertiary/aromatic N) is 4. The Morgan fingerprint density at radius 3 is 2.41 bits per heavy atom. The highest BCUT2D eigenvalue weighted by Gasteiger charge is 2.62. The molecule has 2 aromatic carbocycles. The maximum Gasteiger partial charge on any atom is 0.274 e. The second-order valence-corrected chi connectivity index (χ2v) is 8.71. The van der Waals surface area contributed by atoms with E-state index in [2.05, 4.69) is 5.10 Å². The van der Waals surface area contributed by atoms with Gasteiger partial charge in [0.2, 0.25) is 5.91 Å². The van der Waals surface area contributed by atoms with Gasteiger partial charge in [0.1, 0.15) is 5.82 Å². The quantitative estimate of drug-likeness (QED) is 0.591. The maximum absolute atomic E-state index is 13.9. The second kappa shape index (κ2) is 7.58. The number of anilines is 1. The molecule has 1 atom stereocenters. The predicted molar refractivity (Wildman–Crippen MR) is 119 cm³/mol. The Labute approximate surface area is 186 Å². The Hall–Kier alpha value is -3.48. The van der Waals surface area contributed by atoms with Gasteiger partial charge >= 0.3 is 0 Å². The van der Waals surface area contributed by atoms with Crippen LogP contribution >= 0.6 is 0 Å². The van der Waals surface area contributed by atoms with Crippen LogP contribution in [0.1, 0.15) is 40.6 Å². The van der Waals surface area contributed by atoms with Crippen molar-refractivity contribution < 1.29 is 14.0 Å². The van der Waals surface area contributed by atoms with Crippen molar-refractivity contribution in [3.8, 4) is 0 Å². The van der Waals surface area contributed by atoms with Crippen LogP contribution in [0.5, 0.6) is 0 Å². The van der Waals surface area contributed by atoms with Crippen LogP contribution < -0.4 is 4.90 Å². The molecule has 0 aliphatic carbocycles. The van der Waals surface area contributed by atoms with E-state index in [4.69, 9.17) is 0 Å². The number of hydrogen-bond donors (Lipinski definition) is 0. The number of hydrogen-bond acceptors (Lipinski definition) is 3. The summed E-state index contributed by atoms with van der Waals surface area (Å²) < 4.78 is 15.6. The molecular formula is C25H25FN4O2. The molecule has 2 aliphatic heterocycles. The summed E-state index contributed by atoms with van der Waals surface area (Å²) >= 11 is 0. The van der Waals surface area contributed by atoms with E-state index in [1.54, 1.807) is 32.7 Å². The van der Waals surface area contributed by atoms with Crippen molar-refractivity contribution in [2.45, 2.75) is 25.8 Å². The van der Waals surface area contributed by atoms with Crippen LogP contribution in [-0.2, 0) is 11.8 Å². The molecule has 2 saturated heterocycles. The average Bonchev–Trinajstić information content (AvgIpc) is 3.15. The highest BCUT2D eigenvalue weighted by Crippen LogP contribution is 2.57. The number of amides is 2. The fourth-order valence-corrected chi connectivity index (χ4v) is 5.07. The van der Waals surface area contributed by atoms with Gasteiger partial charge in [-0.2, -0.15) is 5.10 Å². The van der Waals surface area contributed by atoms with Crippen molar-refractivity contribution in [1.29, 1.82) is 0 Å². The van der Waals surface area contributed by atoms with Gasteiger partial charge in [0.15, 0.2) is 5.69 Å². The Balaban J connectivity index is 1.42. The monoisotopic (exact) mass is 432 g/mol. The highest BCUT2D eigenvalue weighted by atomic mass is 19.1. The van der Waals surface area contributed by atoms with Crippen molar-refractivity contribution in [3.63, 3.8) is 0 Å². The number of halogens is 1. The molecular weight excluding hydrogens is 407 g/mol. The number of aromatic nitrogens is 2. The lowest BCUT2D eigenvalue weighted by atomic mass is 9.62. The molecule has 3 aromatic rings. The topological polar surface area (TPSA) is 58.4 Å². The van der Waals surface area contributed by atoms with Crippen molar-refractivity contribution in [2.24, 2.45) is 12.5 Å². The number of carbonyl (C=O) groups excluding carboxylic acids is 2. The normalized spacial score (nSPS) is 19.8. The molecule has 1 aromatic heterocycles. The van der Waals surface area contributed by atoms with Crippen molar-refractivity contribution in [3.05, 3.63) is 83.4 Å². The minimum atomic E-state index is -0.593. The standard InChI is InChI=1S/C25H25FN4O2/c1-17-15-21(27-28(17)2)23(31)29-13-11-25(12-14-29)22(18-7-4-3-5-8-18)30(24(25)32)20-10-6-9-19(26)16-20/h3-10,15-16,22H,11-14H2,1-2H3. The summed E-state index contributed by atoms with van der Waals surface area (Å²) in [5, 5.41) is 4.31. The van der Waals surface area contributed by atoms with Crippen LogP contribution in [0.15, 0.2) is 60.7 Å². The van der Waals surface area contributed by atoms with Crippen molar-refractivity contribution in [1.82, 2.24) is 14.7 Å². The van der Waals surface area contributed by atoms with E-state index in [1.165, 1.54) is 12.1 Å². The van der Waals surface area contributed by atoms with Gasteiger partial charge in [-0.15, -0.1) is 0 Å². The molecule has 2 fully saturated rings. The van der Waals surface area contributed by atoms with E-state index in [0.717, 1.165) is 11.3 Å². The zero-order valence-electron chi connectivity index (χ0n) is 18.2. The molecule has 0 radical (unpaired) electrons. The minimum absolute atomic E-state index is 0.00210. The van der Waals surface area contributed by atoms with E-state index >= 15 is 0 Å². The third-order valence-corrected chi connectivity index (χ3v) is 6.90. The molecule has 164 valence electrons. The van der Waals surface area contributed by atoms with E-state index in [0.29, 0.717) is 37.3 Å². The van der Waals surface area contributed by atoms with E-state index < -0.39 is 5.41 Å². The summed E-state index contributed by atoms with van der Waals surface area (Å²) in [6.45, 7) is 2.88. The summed E-state index contributed by atoms with van der Waals surface area (Å²) in [6, 6.07) is 17.7. The van der Waals surface area contributed by atoms with Gasteiger partial charge in [-0.05, 0) is 49.6 Å². The van der Waals surface area contributed by atoms with Gasteiger partial charge in [0, 0.05) is 31.5 Å². The Morgan fingerprint density at radius 1 is 1.06 bits per heavy atom.